The van der Waals surface area contributed by atoms with E-state index in [2.05, 4.69) is 5.32 Å². The van der Waals surface area contributed by atoms with E-state index in [1.807, 2.05) is 60.9 Å². The third-order valence-electron chi connectivity index (χ3n) is 7.41. The van der Waals surface area contributed by atoms with Gasteiger partial charge in [-0.1, -0.05) is 66.4 Å². The van der Waals surface area contributed by atoms with Crippen LogP contribution in [0.5, 0.6) is 0 Å². The summed E-state index contributed by atoms with van der Waals surface area (Å²) in [6, 6.07) is 17.6. The highest BCUT2D eigenvalue weighted by molar-refractivity contribution is 7.98. The molecule has 2 aromatic carbocycles. The zero-order valence-corrected chi connectivity index (χ0v) is 20.8. The van der Waals surface area contributed by atoms with Crippen molar-refractivity contribution in [1.82, 2.24) is 14.9 Å². The van der Waals surface area contributed by atoms with Crippen LogP contribution in [-0.4, -0.2) is 27.0 Å². The second-order valence-electron chi connectivity index (χ2n) is 9.75. The average Bonchev–Trinajstić information content (AvgIpc) is 3.61. The van der Waals surface area contributed by atoms with Crippen LogP contribution in [-0.2, 0) is 12.1 Å². The number of furan rings is 1. The molecule has 2 N–H and O–H groups in total. The highest BCUT2D eigenvalue weighted by atomic mass is 32.2. The van der Waals surface area contributed by atoms with Gasteiger partial charge in [-0.15, -0.1) is 0 Å². The minimum Gasteiger partial charge on any atom is -0.465 e. The molecule has 0 atom stereocenters. The molecular weight excluding hydrogens is 474 g/mol. The number of nitrogens with zero attached hydrogens (tertiary/aromatic N) is 2. The van der Waals surface area contributed by atoms with E-state index < -0.39 is 11.6 Å². The van der Waals surface area contributed by atoms with Crippen molar-refractivity contribution in [3.8, 4) is 22.5 Å². The van der Waals surface area contributed by atoms with Gasteiger partial charge in [0.15, 0.2) is 5.16 Å². The standard InChI is InChI=1S/C28H27N3O4S/c1-36-26-29-24-22(25(32)31(26)16-17-8-9-17)21(18-6-3-2-4-7-18)23(35-24)19-10-12-20(13-11-19)28(14-5-15-28)30-27(33)34/h2-4,6-7,10-13,17,30H,5,8-9,14-16H2,1H3,(H,33,34). The van der Waals surface area contributed by atoms with E-state index in [-0.39, 0.29) is 5.56 Å². The van der Waals surface area contributed by atoms with Gasteiger partial charge < -0.3 is 14.8 Å². The Morgan fingerprint density at radius 3 is 2.44 bits per heavy atom. The number of carbonyl (C=O) groups is 1. The first kappa shape index (κ1) is 22.9. The summed E-state index contributed by atoms with van der Waals surface area (Å²) in [6.45, 7) is 0.681. The smallest absolute Gasteiger partial charge is 0.405 e. The predicted molar refractivity (Wildman–Crippen MR) is 140 cm³/mol. The van der Waals surface area contributed by atoms with Gasteiger partial charge in [-0.25, -0.2) is 4.79 Å². The van der Waals surface area contributed by atoms with E-state index in [1.54, 1.807) is 4.57 Å². The molecule has 2 heterocycles. The molecule has 1 amide bonds. The van der Waals surface area contributed by atoms with Crippen LogP contribution in [0.25, 0.3) is 33.6 Å². The Balaban J connectivity index is 1.52. The van der Waals surface area contributed by atoms with Gasteiger partial charge in [0.05, 0.1) is 5.54 Å². The van der Waals surface area contributed by atoms with Crippen LogP contribution in [0, 0.1) is 5.92 Å². The first-order valence-corrected chi connectivity index (χ1v) is 13.5. The summed E-state index contributed by atoms with van der Waals surface area (Å²) in [7, 11) is 0. The lowest BCUT2D eigenvalue weighted by molar-refractivity contribution is 0.144. The minimum absolute atomic E-state index is 0.0687. The average molecular weight is 502 g/mol. The van der Waals surface area contributed by atoms with Gasteiger partial charge in [0.25, 0.3) is 5.56 Å². The van der Waals surface area contributed by atoms with Crippen LogP contribution in [0.2, 0.25) is 0 Å². The molecule has 0 radical (unpaired) electrons. The summed E-state index contributed by atoms with van der Waals surface area (Å²) < 4.78 is 8.12. The lowest BCUT2D eigenvalue weighted by Crippen LogP contribution is -2.50. The Morgan fingerprint density at radius 2 is 1.86 bits per heavy atom. The van der Waals surface area contributed by atoms with Gasteiger partial charge in [0.1, 0.15) is 11.1 Å². The molecule has 184 valence electrons. The molecule has 0 aliphatic heterocycles. The van der Waals surface area contributed by atoms with Crippen molar-refractivity contribution in [2.75, 3.05) is 6.26 Å². The number of thioether (sulfide) groups is 1. The summed E-state index contributed by atoms with van der Waals surface area (Å²) >= 11 is 1.46. The van der Waals surface area contributed by atoms with E-state index >= 15 is 0 Å². The fraction of sp³-hybridized carbons (Fsp3) is 0.321. The summed E-state index contributed by atoms with van der Waals surface area (Å²) in [5, 5.41) is 13.2. The van der Waals surface area contributed by atoms with Crippen LogP contribution < -0.4 is 10.9 Å². The lowest BCUT2D eigenvalue weighted by Gasteiger charge is -2.42. The van der Waals surface area contributed by atoms with Gasteiger partial charge in [-0.2, -0.15) is 4.98 Å². The monoisotopic (exact) mass is 501 g/mol. The van der Waals surface area contributed by atoms with Crippen molar-refractivity contribution in [3.05, 3.63) is 70.5 Å². The Bertz CT molecular complexity index is 1500. The topological polar surface area (TPSA) is 97.4 Å². The number of rotatable bonds is 7. The van der Waals surface area contributed by atoms with Crippen molar-refractivity contribution in [1.29, 1.82) is 0 Å². The van der Waals surface area contributed by atoms with Crippen molar-refractivity contribution >= 4 is 29.0 Å². The van der Waals surface area contributed by atoms with Crippen molar-refractivity contribution < 1.29 is 14.3 Å². The van der Waals surface area contributed by atoms with Gasteiger partial charge in [0.2, 0.25) is 5.71 Å². The Morgan fingerprint density at radius 1 is 1.14 bits per heavy atom. The summed E-state index contributed by atoms with van der Waals surface area (Å²) in [5.74, 6) is 1.13. The maximum Gasteiger partial charge on any atom is 0.405 e. The maximum atomic E-state index is 13.8. The second-order valence-corrected chi connectivity index (χ2v) is 10.5. The largest absolute Gasteiger partial charge is 0.465 e. The molecule has 2 aromatic heterocycles. The Kier molecular flexibility index (Phi) is 5.63. The second kappa shape index (κ2) is 8.85. The van der Waals surface area contributed by atoms with Crippen LogP contribution in [0.3, 0.4) is 0 Å². The normalized spacial score (nSPS) is 16.6. The molecule has 2 fully saturated rings. The number of hydrogen-bond acceptors (Lipinski definition) is 5. The molecule has 2 saturated carbocycles. The Hall–Kier alpha value is -3.52. The number of hydrogen-bond donors (Lipinski definition) is 2. The molecule has 2 aliphatic rings. The van der Waals surface area contributed by atoms with Crippen LogP contribution in [0.1, 0.15) is 37.7 Å². The Labute approximate surface area is 212 Å². The molecule has 0 spiro atoms. The minimum atomic E-state index is -1.01. The van der Waals surface area contributed by atoms with E-state index in [0.717, 1.165) is 54.4 Å². The molecule has 7 nitrogen and oxygen atoms in total. The molecule has 8 heteroatoms. The number of nitrogens with one attached hydrogen (secondary N) is 1. The lowest BCUT2D eigenvalue weighted by atomic mass is 9.72. The zero-order chi connectivity index (χ0) is 24.9. The number of benzene rings is 2. The van der Waals surface area contributed by atoms with Crippen molar-refractivity contribution in [2.45, 2.75) is 49.3 Å². The third-order valence-corrected chi connectivity index (χ3v) is 8.09. The van der Waals surface area contributed by atoms with Gasteiger partial charge >= 0.3 is 6.09 Å². The number of amides is 1. The zero-order valence-electron chi connectivity index (χ0n) is 20.0. The molecule has 36 heavy (non-hydrogen) atoms. The number of aromatic nitrogens is 2. The quantitative estimate of drug-likeness (QED) is 0.235. The fourth-order valence-corrected chi connectivity index (χ4v) is 5.74. The maximum absolute atomic E-state index is 13.8. The van der Waals surface area contributed by atoms with Gasteiger partial charge in [0, 0.05) is 17.7 Å². The van der Waals surface area contributed by atoms with Crippen LogP contribution in [0.15, 0.2) is 69.0 Å². The molecule has 0 bridgehead atoms. The highest BCUT2D eigenvalue weighted by Gasteiger charge is 2.40. The van der Waals surface area contributed by atoms with E-state index in [1.165, 1.54) is 11.8 Å². The molecule has 6 rings (SSSR count). The fourth-order valence-electron chi connectivity index (χ4n) is 5.19. The van der Waals surface area contributed by atoms with Crippen molar-refractivity contribution in [2.24, 2.45) is 5.92 Å². The molecule has 0 unspecified atom stereocenters. The highest BCUT2D eigenvalue weighted by Crippen LogP contribution is 2.44. The SMILES string of the molecule is CSc1nc2oc(-c3ccc(C4(NC(=O)O)CCC4)cc3)c(-c3ccccc3)c2c(=O)n1CC1CC1. The van der Waals surface area contributed by atoms with Crippen LogP contribution >= 0.6 is 11.8 Å². The van der Waals surface area contributed by atoms with Crippen molar-refractivity contribution in [3.63, 3.8) is 0 Å². The molecule has 0 saturated heterocycles. The summed E-state index contributed by atoms with van der Waals surface area (Å²) in [4.78, 5) is 30.0. The van der Waals surface area contributed by atoms with Gasteiger partial charge in [-0.3, -0.25) is 9.36 Å². The summed E-state index contributed by atoms with van der Waals surface area (Å²) in [6.07, 6.45) is 5.75. The molecule has 2 aliphatic carbocycles. The van der Waals surface area contributed by atoms with Gasteiger partial charge in [-0.05, 0) is 55.4 Å². The predicted octanol–water partition coefficient (Wildman–Crippen LogP) is 6.10. The van der Waals surface area contributed by atoms with E-state index in [0.29, 0.717) is 34.5 Å². The third kappa shape index (κ3) is 3.89. The van der Waals surface area contributed by atoms with E-state index in [4.69, 9.17) is 9.40 Å². The van der Waals surface area contributed by atoms with Crippen LogP contribution in [0.4, 0.5) is 4.79 Å². The molecule has 4 aromatic rings. The molecular formula is C28H27N3O4S. The van der Waals surface area contributed by atoms with E-state index in [9.17, 15) is 14.7 Å². The number of fused-ring (bicyclic) bond motifs is 1. The summed E-state index contributed by atoms with van der Waals surface area (Å²) in [5.41, 5.74) is 3.14. The first-order chi connectivity index (χ1) is 17.5. The number of carboxylic acid groups (broad SMARTS) is 1. The first-order valence-electron chi connectivity index (χ1n) is 12.3.